The summed E-state index contributed by atoms with van der Waals surface area (Å²) in [4.78, 5) is 12.0. The van der Waals surface area contributed by atoms with E-state index in [2.05, 4.69) is 10.0 Å². The maximum atomic E-state index is 12.0. The first kappa shape index (κ1) is 17.3. The number of hydrogen-bond acceptors (Lipinski definition) is 5. The molecule has 8 heteroatoms. The molecule has 1 aromatic rings. The number of methoxy groups -OCH3 is 2. The van der Waals surface area contributed by atoms with Crippen molar-refractivity contribution in [3.8, 4) is 11.5 Å². The Labute approximate surface area is 124 Å². The minimum atomic E-state index is -3.24. The third-order valence-corrected chi connectivity index (χ3v) is 4.13. The Hall–Kier alpha value is -1.80. The molecule has 0 atom stereocenters. The highest BCUT2D eigenvalue weighted by molar-refractivity contribution is 7.89. The van der Waals surface area contributed by atoms with Crippen molar-refractivity contribution < 1.29 is 22.7 Å². The van der Waals surface area contributed by atoms with Gasteiger partial charge in [0.25, 0.3) is 5.91 Å². The minimum absolute atomic E-state index is 0.00797. The van der Waals surface area contributed by atoms with E-state index in [0.29, 0.717) is 17.1 Å². The molecule has 0 unspecified atom stereocenters. The quantitative estimate of drug-likeness (QED) is 0.676. The van der Waals surface area contributed by atoms with Gasteiger partial charge in [-0.3, -0.25) is 4.79 Å². The molecule has 0 aliphatic carbocycles. The van der Waals surface area contributed by atoms with Crippen LogP contribution in [0.4, 0.5) is 0 Å². The standard InChI is InChI=1S/C13H20N2O5S/c1-4-21(17,18)15-6-5-14-13(16)10-7-11(19-2)9-12(8-10)20-3/h7-9,15H,4-6H2,1-3H3,(H,14,16). The zero-order valence-corrected chi connectivity index (χ0v) is 13.1. The van der Waals surface area contributed by atoms with E-state index in [-0.39, 0.29) is 24.7 Å². The largest absolute Gasteiger partial charge is 0.497 e. The number of rotatable bonds is 8. The van der Waals surface area contributed by atoms with Crippen LogP contribution in [0, 0.1) is 0 Å². The minimum Gasteiger partial charge on any atom is -0.497 e. The van der Waals surface area contributed by atoms with Gasteiger partial charge in [-0.2, -0.15) is 0 Å². The van der Waals surface area contributed by atoms with Crippen molar-refractivity contribution in [3.05, 3.63) is 23.8 Å². The smallest absolute Gasteiger partial charge is 0.251 e. The van der Waals surface area contributed by atoms with Crippen LogP contribution in [0.15, 0.2) is 18.2 Å². The van der Waals surface area contributed by atoms with E-state index in [1.165, 1.54) is 14.2 Å². The molecule has 1 rings (SSSR count). The zero-order chi connectivity index (χ0) is 15.9. The van der Waals surface area contributed by atoms with E-state index in [1.54, 1.807) is 25.1 Å². The van der Waals surface area contributed by atoms with Crippen molar-refractivity contribution in [1.29, 1.82) is 0 Å². The van der Waals surface area contributed by atoms with Crippen LogP contribution in [0.2, 0.25) is 0 Å². The van der Waals surface area contributed by atoms with Crippen LogP contribution in [0.3, 0.4) is 0 Å². The van der Waals surface area contributed by atoms with Gasteiger partial charge < -0.3 is 14.8 Å². The first-order valence-electron chi connectivity index (χ1n) is 6.40. The summed E-state index contributed by atoms with van der Waals surface area (Å²) in [5.41, 5.74) is 0.379. The SMILES string of the molecule is CCS(=O)(=O)NCCNC(=O)c1cc(OC)cc(OC)c1. The molecule has 0 spiro atoms. The van der Waals surface area contributed by atoms with Gasteiger partial charge in [0.1, 0.15) is 11.5 Å². The third kappa shape index (κ3) is 5.60. The predicted octanol–water partition coefficient (Wildman–Crippen LogP) is 0.373. The molecule has 118 valence electrons. The van der Waals surface area contributed by atoms with Gasteiger partial charge in [-0.25, -0.2) is 13.1 Å². The number of hydrogen-bond donors (Lipinski definition) is 2. The molecule has 0 aliphatic rings. The van der Waals surface area contributed by atoms with Gasteiger partial charge in [0.2, 0.25) is 10.0 Å². The van der Waals surface area contributed by atoms with Gasteiger partial charge in [0, 0.05) is 24.7 Å². The fourth-order valence-corrected chi connectivity index (χ4v) is 2.14. The van der Waals surface area contributed by atoms with E-state index in [4.69, 9.17) is 9.47 Å². The Balaban J connectivity index is 2.60. The summed E-state index contributed by atoms with van der Waals surface area (Å²) >= 11 is 0. The molecule has 0 heterocycles. The molecule has 0 radical (unpaired) electrons. The van der Waals surface area contributed by atoms with Crippen molar-refractivity contribution >= 4 is 15.9 Å². The first-order valence-corrected chi connectivity index (χ1v) is 8.05. The molecule has 0 saturated carbocycles. The number of amides is 1. The lowest BCUT2D eigenvalue weighted by molar-refractivity contribution is 0.0953. The van der Waals surface area contributed by atoms with Crippen LogP contribution in [0.5, 0.6) is 11.5 Å². The molecule has 1 aromatic carbocycles. The Kier molecular flexibility index (Phi) is 6.44. The molecular weight excluding hydrogens is 296 g/mol. The molecule has 0 fully saturated rings. The molecule has 0 aromatic heterocycles. The Morgan fingerprint density at radius 3 is 2.14 bits per heavy atom. The highest BCUT2D eigenvalue weighted by Gasteiger charge is 2.10. The molecule has 0 aliphatic heterocycles. The summed E-state index contributed by atoms with van der Waals surface area (Å²) in [6, 6.07) is 4.81. The summed E-state index contributed by atoms with van der Waals surface area (Å²) in [6.07, 6.45) is 0. The van der Waals surface area contributed by atoms with E-state index in [0.717, 1.165) is 0 Å². The van der Waals surface area contributed by atoms with E-state index >= 15 is 0 Å². The summed E-state index contributed by atoms with van der Waals surface area (Å²) in [5.74, 6) is 0.689. The lowest BCUT2D eigenvalue weighted by Gasteiger charge is -2.09. The summed E-state index contributed by atoms with van der Waals surface area (Å²) < 4.78 is 35.0. The highest BCUT2D eigenvalue weighted by Crippen LogP contribution is 2.22. The van der Waals surface area contributed by atoms with Crippen molar-refractivity contribution in [1.82, 2.24) is 10.0 Å². The lowest BCUT2D eigenvalue weighted by atomic mass is 10.2. The number of sulfonamides is 1. The second kappa shape index (κ2) is 7.84. The van der Waals surface area contributed by atoms with Gasteiger partial charge >= 0.3 is 0 Å². The van der Waals surface area contributed by atoms with Gasteiger partial charge in [0.05, 0.1) is 20.0 Å². The van der Waals surface area contributed by atoms with Crippen LogP contribution in [0.25, 0.3) is 0 Å². The second-order valence-electron chi connectivity index (χ2n) is 4.16. The normalized spacial score (nSPS) is 11.0. The maximum Gasteiger partial charge on any atom is 0.251 e. The van der Waals surface area contributed by atoms with Crippen LogP contribution < -0.4 is 19.5 Å². The molecule has 0 bridgehead atoms. The molecule has 21 heavy (non-hydrogen) atoms. The maximum absolute atomic E-state index is 12.0. The van der Waals surface area contributed by atoms with Crippen molar-refractivity contribution in [2.75, 3.05) is 33.1 Å². The van der Waals surface area contributed by atoms with E-state index in [9.17, 15) is 13.2 Å². The van der Waals surface area contributed by atoms with Gasteiger partial charge in [-0.1, -0.05) is 0 Å². The van der Waals surface area contributed by atoms with Crippen LogP contribution in [-0.4, -0.2) is 47.4 Å². The summed E-state index contributed by atoms with van der Waals surface area (Å²) in [5, 5.41) is 2.62. The highest BCUT2D eigenvalue weighted by atomic mass is 32.2. The Morgan fingerprint density at radius 1 is 1.10 bits per heavy atom. The Bertz CT molecular complexity index is 564. The third-order valence-electron chi connectivity index (χ3n) is 2.73. The summed E-state index contributed by atoms with van der Waals surface area (Å²) in [6.45, 7) is 1.88. The van der Waals surface area contributed by atoms with Crippen LogP contribution in [0.1, 0.15) is 17.3 Å². The lowest BCUT2D eigenvalue weighted by Crippen LogP contribution is -2.35. The summed E-state index contributed by atoms with van der Waals surface area (Å²) in [7, 11) is -0.253. The second-order valence-corrected chi connectivity index (χ2v) is 6.25. The number of benzene rings is 1. The Morgan fingerprint density at radius 2 is 1.67 bits per heavy atom. The molecule has 0 saturated heterocycles. The topological polar surface area (TPSA) is 93.7 Å². The van der Waals surface area contributed by atoms with Crippen LogP contribution >= 0.6 is 0 Å². The fourth-order valence-electron chi connectivity index (χ4n) is 1.53. The number of carbonyl (C=O) groups is 1. The number of ether oxygens (including phenoxy) is 2. The van der Waals surface area contributed by atoms with E-state index < -0.39 is 10.0 Å². The van der Waals surface area contributed by atoms with Crippen molar-refractivity contribution in [3.63, 3.8) is 0 Å². The number of nitrogens with one attached hydrogen (secondary N) is 2. The monoisotopic (exact) mass is 316 g/mol. The number of carbonyl (C=O) groups excluding carboxylic acids is 1. The zero-order valence-electron chi connectivity index (χ0n) is 12.3. The van der Waals surface area contributed by atoms with Gasteiger partial charge in [-0.15, -0.1) is 0 Å². The first-order chi connectivity index (χ1) is 9.91. The van der Waals surface area contributed by atoms with Crippen LogP contribution in [-0.2, 0) is 10.0 Å². The van der Waals surface area contributed by atoms with Crippen molar-refractivity contribution in [2.24, 2.45) is 0 Å². The average molecular weight is 316 g/mol. The molecule has 1 amide bonds. The predicted molar refractivity (Wildman–Crippen MR) is 79.3 cm³/mol. The van der Waals surface area contributed by atoms with Gasteiger partial charge in [0.15, 0.2) is 0 Å². The molecule has 2 N–H and O–H groups in total. The fraction of sp³-hybridized carbons (Fsp3) is 0.462. The molecular formula is C13H20N2O5S. The van der Waals surface area contributed by atoms with Crippen molar-refractivity contribution in [2.45, 2.75) is 6.92 Å². The van der Waals surface area contributed by atoms with E-state index in [1.807, 2.05) is 0 Å². The average Bonchev–Trinajstić information content (AvgIpc) is 2.50. The van der Waals surface area contributed by atoms with Gasteiger partial charge in [-0.05, 0) is 19.1 Å². The molecule has 7 nitrogen and oxygen atoms in total.